The number of nitrogens with one attached hydrogen (secondary N) is 1. The van der Waals surface area contributed by atoms with Crippen molar-refractivity contribution in [1.29, 1.82) is 0 Å². The summed E-state index contributed by atoms with van der Waals surface area (Å²) in [6.07, 6.45) is 2.45. The van der Waals surface area contributed by atoms with Crippen molar-refractivity contribution in [1.82, 2.24) is 20.1 Å². The number of carbonyl (C=O) groups excluding carboxylic acids is 1. The minimum Gasteiger partial charge on any atom is -0.356 e. The maximum absolute atomic E-state index is 11.6. The predicted octanol–water partition coefficient (Wildman–Crippen LogP) is 3.53. The van der Waals surface area contributed by atoms with Crippen LogP contribution in [0.25, 0.3) is 22.8 Å². The van der Waals surface area contributed by atoms with E-state index in [2.05, 4.69) is 17.4 Å². The Morgan fingerprint density at radius 3 is 2.38 bits per heavy atom. The second kappa shape index (κ2) is 7.52. The quantitative estimate of drug-likeness (QED) is 0.786. The van der Waals surface area contributed by atoms with Gasteiger partial charge in [-0.05, 0) is 18.8 Å². The fraction of sp³-hybridized carbons (Fsp3) is 0.286. The third-order valence-corrected chi connectivity index (χ3v) is 4.82. The van der Waals surface area contributed by atoms with Crippen molar-refractivity contribution in [3.63, 3.8) is 0 Å². The molecule has 4 rings (SSSR count). The van der Waals surface area contributed by atoms with E-state index in [4.69, 9.17) is 10.1 Å². The fourth-order valence-corrected chi connectivity index (χ4v) is 3.39. The molecule has 1 unspecified atom stereocenters. The summed E-state index contributed by atoms with van der Waals surface area (Å²) in [4.78, 5) is 16.4. The van der Waals surface area contributed by atoms with E-state index in [-0.39, 0.29) is 5.91 Å². The molecule has 132 valence electrons. The van der Waals surface area contributed by atoms with Crippen LogP contribution in [0.15, 0.2) is 60.7 Å². The summed E-state index contributed by atoms with van der Waals surface area (Å²) in [5, 5.41) is 7.75. The Hall–Kier alpha value is -2.95. The maximum Gasteiger partial charge on any atom is 0.220 e. The van der Waals surface area contributed by atoms with Crippen LogP contribution >= 0.6 is 0 Å². The second-order valence-corrected chi connectivity index (χ2v) is 6.72. The van der Waals surface area contributed by atoms with Gasteiger partial charge < -0.3 is 5.32 Å². The van der Waals surface area contributed by atoms with E-state index in [1.165, 1.54) is 0 Å². The van der Waals surface area contributed by atoms with Gasteiger partial charge in [0.05, 0.1) is 0 Å². The molecule has 1 atom stereocenters. The van der Waals surface area contributed by atoms with E-state index < -0.39 is 0 Å². The lowest BCUT2D eigenvalue weighted by atomic mass is 10.0. The predicted molar refractivity (Wildman–Crippen MR) is 101 cm³/mol. The molecule has 1 fully saturated rings. The van der Waals surface area contributed by atoms with Crippen LogP contribution in [0.2, 0.25) is 0 Å². The zero-order valence-corrected chi connectivity index (χ0v) is 14.6. The molecule has 0 spiro atoms. The molecule has 5 heteroatoms. The zero-order chi connectivity index (χ0) is 17.8. The van der Waals surface area contributed by atoms with Gasteiger partial charge in [0.1, 0.15) is 0 Å². The number of hydrogen-bond donors (Lipinski definition) is 1. The fourth-order valence-electron chi connectivity index (χ4n) is 3.39. The van der Waals surface area contributed by atoms with E-state index in [1.54, 1.807) is 0 Å². The van der Waals surface area contributed by atoms with Gasteiger partial charge in [0.25, 0.3) is 0 Å². The summed E-state index contributed by atoms with van der Waals surface area (Å²) >= 11 is 0. The first-order valence-corrected chi connectivity index (χ1v) is 9.12. The van der Waals surface area contributed by atoms with Gasteiger partial charge in [-0.2, -0.15) is 5.10 Å². The second-order valence-electron chi connectivity index (χ2n) is 6.72. The highest BCUT2D eigenvalue weighted by molar-refractivity contribution is 5.76. The van der Waals surface area contributed by atoms with Crippen molar-refractivity contribution in [3.05, 3.63) is 60.7 Å². The molecule has 1 aliphatic heterocycles. The van der Waals surface area contributed by atoms with Gasteiger partial charge in [-0.1, -0.05) is 60.7 Å². The van der Waals surface area contributed by atoms with Crippen molar-refractivity contribution in [3.8, 4) is 22.8 Å². The molecular weight excluding hydrogens is 324 g/mol. The molecule has 0 bridgehead atoms. The van der Waals surface area contributed by atoms with E-state index in [0.717, 1.165) is 48.7 Å². The minimum absolute atomic E-state index is 0.152. The number of amides is 1. The van der Waals surface area contributed by atoms with Crippen LogP contribution in [-0.2, 0) is 11.3 Å². The maximum atomic E-state index is 11.6. The van der Waals surface area contributed by atoms with Crippen molar-refractivity contribution in [2.45, 2.75) is 25.8 Å². The first-order chi connectivity index (χ1) is 12.8. The highest BCUT2D eigenvalue weighted by Gasteiger charge is 2.20. The van der Waals surface area contributed by atoms with Gasteiger partial charge in [0.15, 0.2) is 11.6 Å². The molecule has 1 N–H and O–H groups in total. The van der Waals surface area contributed by atoms with Crippen LogP contribution in [0.3, 0.4) is 0 Å². The van der Waals surface area contributed by atoms with Crippen molar-refractivity contribution >= 4 is 5.91 Å². The smallest absolute Gasteiger partial charge is 0.220 e. The number of rotatable bonds is 4. The third-order valence-electron chi connectivity index (χ3n) is 4.82. The number of hydrogen-bond acceptors (Lipinski definition) is 3. The summed E-state index contributed by atoms with van der Waals surface area (Å²) in [6, 6.07) is 20.2. The minimum atomic E-state index is 0.152. The average Bonchev–Trinajstić information content (AvgIpc) is 3.00. The molecule has 2 heterocycles. The molecule has 2 aromatic carbocycles. The monoisotopic (exact) mass is 346 g/mol. The Morgan fingerprint density at radius 1 is 0.962 bits per heavy atom. The molecule has 5 nitrogen and oxygen atoms in total. The summed E-state index contributed by atoms with van der Waals surface area (Å²) in [5.74, 6) is 2.20. The van der Waals surface area contributed by atoms with E-state index in [0.29, 0.717) is 12.3 Å². The van der Waals surface area contributed by atoms with Gasteiger partial charge in [-0.25, -0.2) is 9.67 Å². The topological polar surface area (TPSA) is 59.8 Å². The van der Waals surface area contributed by atoms with Crippen molar-refractivity contribution < 1.29 is 4.79 Å². The summed E-state index contributed by atoms with van der Waals surface area (Å²) < 4.78 is 2.01. The Bertz CT molecular complexity index is 874. The summed E-state index contributed by atoms with van der Waals surface area (Å²) in [5.41, 5.74) is 2.08. The molecule has 26 heavy (non-hydrogen) atoms. The number of carbonyl (C=O) groups is 1. The van der Waals surface area contributed by atoms with E-state index in [9.17, 15) is 4.79 Å². The van der Waals surface area contributed by atoms with Crippen molar-refractivity contribution in [2.24, 2.45) is 5.92 Å². The third kappa shape index (κ3) is 3.67. The number of benzene rings is 2. The lowest BCUT2D eigenvalue weighted by Gasteiger charge is -2.14. The standard InChI is InChI=1S/C21H22N4O/c26-19-12-11-16(13-14-22-19)15-25-21(18-9-5-2-6-10-18)23-20(24-25)17-7-3-1-4-8-17/h1-10,16H,11-15H2,(H,22,26). The van der Waals surface area contributed by atoms with E-state index in [1.807, 2.05) is 53.2 Å². The average molecular weight is 346 g/mol. The Labute approximate surface area is 153 Å². The highest BCUT2D eigenvalue weighted by Crippen LogP contribution is 2.25. The Balaban J connectivity index is 1.67. The lowest BCUT2D eigenvalue weighted by Crippen LogP contribution is -2.21. The van der Waals surface area contributed by atoms with Crippen LogP contribution in [0, 0.1) is 5.92 Å². The first kappa shape index (κ1) is 16.5. The van der Waals surface area contributed by atoms with Crippen LogP contribution in [0.4, 0.5) is 0 Å². The molecular formula is C21H22N4O. The molecule has 0 radical (unpaired) electrons. The zero-order valence-electron chi connectivity index (χ0n) is 14.6. The van der Waals surface area contributed by atoms with Crippen LogP contribution in [-0.4, -0.2) is 27.2 Å². The van der Waals surface area contributed by atoms with Gasteiger partial charge in [0.2, 0.25) is 5.91 Å². The Kier molecular flexibility index (Phi) is 4.78. The van der Waals surface area contributed by atoms with Crippen LogP contribution in [0.5, 0.6) is 0 Å². The van der Waals surface area contributed by atoms with Crippen LogP contribution < -0.4 is 5.32 Å². The lowest BCUT2D eigenvalue weighted by molar-refractivity contribution is -0.120. The molecule has 1 amide bonds. The molecule has 1 saturated heterocycles. The molecule has 1 aliphatic rings. The first-order valence-electron chi connectivity index (χ1n) is 9.12. The summed E-state index contributed by atoms with van der Waals surface area (Å²) in [6.45, 7) is 1.52. The van der Waals surface area contributed by atoms with Crippen LogP contribution in [0.1, 0.15) is 19.3 Å². The summed E-state index contributed by atoms with van der Waals surface area (Å²) in [7, 11) is 0. The molecule has 0 saturated carbocycles. The SMILES string of the molecule is O=C1CCC(Cn2nc(-c3ccccc3)nc2-c2ccccc2)CCN1. The number of aromatic nitrogens is 3. The van der Waals surface area contributed by atoms with Gasteiger partial charge in [0, 0.05) is 30.6 Å². The molecule has 3 aromatic rings. The van der Waals surface area contributed by atoms with Gasteiger partial charge in [-0.3, -0.25) is 4.79 Å². The van der Waals surface area contributed by atoms with Gasteiger partial charge >= 0.3 is 0 Å². The number of nitrogens with zero attached hydrogens (tertiary/aromatic N) is 3. The van der Waals surface area contributed by atoms with Crippen molar-refractivity contribution in [2.75, 3.05) is 6.54 Å². The Morgan fingerprint density at radius 2 is 1.65 bits per heavy atom. The largest absolute Gasteiger partial charge is 0.356 e. The van der Waals surface area contributed by atoms with Gasteiger partial charge in [-0.15, -0.1) is 0 Å². The highest BCUT2D eigenvalue weighted by atomic mass is 16.1. The normalized spacial score (nSPS) is 17.5. The van der Waals surface area contributed by atoms with E-state index >= 15 is 0 Å². The molecule has 1 aromatic heterocycles. The molecule has 0 aliphatic carbocycles.